The van der Waals surface area contributed by atoms with Gasteiger partial charge in [0, 0.05) is 0 Å². The zero-order valence-electron chi connectivity index (χ0n) is 11.8. The minimum absolute atomic E-state index is 0.235. The van der Waals surface area contributed by atoms with E-state index in [-0.39, 0.29) is 6.42 Å². The maximum Gasteiger partial charge on any atom is 0.220 e. The molecule has 0 aliphatic carbocycles. The molecule has 0 aromatic heterocycles. The van der Waals surface area contributed by atoms with Crippen molar-refractivity contribution in [2.24, 2.45) is 5.73 Å². The molecule has 4 nitrogen and oxygen atoms in total. The Balaban J connectivity index is 3.19. The lowest BCUT2D eigenvalue weighted by Gasteiger charge is -2.23. The highest BCUT2D eigenvalue weighted by molar-refractivity contribution is 5.74. The van der Waals surface area contributed by atoms with Crippen LogP contribution in [0, 0.1) is 6.92 Å². The first-order valence-corrected chi connectivity index (χ1v) is 6.67. The minimum Gasteiger partial charge on any atom is -0.390 e. The van der Waals surface area contributed by atoms with Crippen molar-refractivity contribution in [1.82, 2.24) is 0 Å². The molecule has 0 bridgehead atoms. The quantitative estimate of drug-likeness (QED) is 0.726. The Morgan fingerprint density at radius 3 is 2.05 bits per heavy atom. The van der Waals surface area contributed by atoms with Crippen LogP contribution in [0.4, 0.5) is 0 Å². The molecule has 1 aromatic carbocycles. The third kappa shape index (κ3) is 3.78. The summed E-state index contributed by atoms with van der Waals surface area (Å²) in [6.45, 7) is 6.02. The molecule has 106 valence electrons. The molecule has 4 N–H and O–H groups in total. The molecular formula is C15H23NO3. The highest BCUT2D eigenvalue weighted by Gasteiger charge is 2.24. The molecular weight excluding hydrogens is 242 g/mol. The molecule has 19 heavy (non-hydrogen) atoms. The van der Waals surface area contributed by atoms with E-state index in [2.05, 4.69) is 0 Å². The standard InChI is InChI=1S/C15H23NO3/c1-4-10-6-9(3)7-11(5-2)14(10)15(19)12(17)8-13(16)18/h6-7,12,15,17,19H,4-5,8H2,1-3H3,(H2,16,18). The summed E-state index contributed by atoms with van der Waals surface area (Å²) in [6, 6.07) is 4.02. The lowest BCUT2D eigenvalue weighted by Crippen LogP contribution is -2.27. The van der Waals surface area contributed by atoms with Gasteiger partial charge in [0.15, 0.2) is 0 Å². The monoisotopic (exact) mass is 265 g/mol. The first-order chi connectivity index (χ1) is 8.90. The molecule has 0 spiro atoms. The number of aliphatic hydroxyl groups excluding tert-OH is 2. The Hall–Kier alpha value is -1.39. The summed E-state index contributed by atoms with van der Waals surface area (Å²) in [7, 11) is 0. The molecule has 0 fully saturated rings. The zero-order valence-corrected chi connectivity index (χ0v) is 11.8. The van der Waals surface area contributed by atoms with E-state index in [0.29, 0.717) is 0 Å². The number of amides is 1. The predicted molar refractivity (Wildman–Crippen MR) is 74.7 cm³/mol. The van der Waals surface area contributed by atoms with Crippen LogP contribution in [0.25, 0.3) is 0 Å². The molecule has 0 saturated carbocycles. The summed E-state index contributed by atoms with van der Waals surface area (Å²) < 4.78 is 0. The van der Waals surface area contributed by atoms with Crippen molar-refractivity contribution in [3.8, 4) is 0 Å². The largest absolute Gasteiger partial charge is 0.390 e. The van der Waals surface area contributed by atoms with Crippen molar-refractivity contribution in [1.29, 1.82) is 0 Å². The molecule has 0 radical (unpaired) electrons. The first kappa shape index (κ1) is 15.7. The summed E-state index contributed by atoms with van der Waals surface area (Å²) in [4.78, 5) is 10.9. The van der Waals surface area contributed by atoms with E-state index in [4.69, 9.17) is 5.73 Å². The van der Waals surface area contributed by atoms with Gasteiger partial charge in [0.05, 0.1) is 12.5 Å². The fourth-order valence-corrected chi connectivity index (χ4v) is 2.43. The number of rotatable bonds is 6. The van der Waals surface area contributed by atoms with Crippen LogP contribution in [-0.2, 0) is 17.6 Å². The van der Waals surface area contributed by atoms with E-state index in [1.54, 1.807) is 0 Å². The van der Waals surface area contributed by atoms with Gasteiger partial charge in [-0.1, -0.05) is 31.5 Å². The predicted octanol–water partition coefficient (Wildman–Crippen LogP) is 1.39. The van der Waals surface area contributed by atoms with E-state index < -0.39 is 18.1 Å². The van der Waals surface area contributed by atoms with Gasteiger partial charge in [-0.25, -0.2) is 0 Å². The topological polar surface area (TPSA) is 83.6 Å². The second-order valence-electron chi connectivity index (χ2n) is 4.89. The van der Waals surface area contributed by atoms with Crippen molar-refractivity contribution >= 4 is 5.91 Å². The normalized spacial score (nSPS) is 14.2. The van der Waals surface area contributed by atoms with Gasteiger partial charge < -0.3 is 15.9 Å². The third-order valence-electron chi connectivity index (χ3n) is 3.33. The van der Waals surface area contributed by atoms with E-state index >= 15 is 0 Å². The number of carbonyl (C=O) groups excluding carboxylic acids is 1. The van der Waals surface area contributed by atoms with Crippen LogP contribution >= 0.6 is 0 Å². The average molecular weight is 265 g/mol. The highest BCUT2D eigenvalue weighted by Crippen LogP contribution is 2.28. The second-order valence-corrected chi connectivity index (χ2v) is 4.89. The Morgan fingerprint density at radius 2 is 1.68 bits per heavy atom. The van der Waals surface area contributed by atoms with Crippen LogP contribution < -0.4 is 5.73 Å². The maximum atomic E-state index is 10.9. The number of aryl methyl sites for hydroxylation is 3. The van der Waals surface area contributed by atoms with Crippen LogP contribution in [0.2, 0.25) is 0 Å². The fourth-order valence-electron chi connectivity index (χ4n) is 2.43. The molecule has 0 aliphatic rings. The van der Waals surface area contributed by atoms with Crippen LogP contribution in [0.3, 0.4) is 0 Å². The smallest absolute Gasteiger partial charge is 0.220 e. The zero-order chi connectivity index (χ0) is 14.6. The Bertz CT molecular complexity index is 432. The van der Waals surface area contributed by atoms with Crippen LogP contribution in [0.1, 0.15) is 48.6 Å². The number of hydrogen-bond donors (Lipinski definition) is 3. The van der Waals surface area contributed by atoms with Gasteiger partial charge in [-0.2, -0.15) is 0 Å². The van der Waals surface area contributed by atoms with Crippen LogP contribution in [0.5, 0.6) is 0 Å². The van der Waals surface area contributed by atoms with Crippen molar-refractivity contribution in [2.75, 3.05) is 0 Å². The van der Waals surface area contributed by atoms with Gasteiger partial charge in [0.1, 0.15) is 6.10 Å². The van der Waals surface area contributed by atoms with Gasteiger partial charge in [0.2, 0.25) is 5.91 Å². The van der Waals surface area contributed by atoms with Crippen LogP contribution in [-0.4, -0.2) is 22.2 Å². The number of carbonyl (C=O) groups is 1. The van der Waals surface area contributed by atoms with E-state index in [1.165, 1.54) is 0 Å². The SMILES string of the molecule is CCc1cc(C)cc(CC)c1C(O)C(O)CC(N)=O. The Labute approximate surface area is 114 Å². The van der Waals surface area contributed by atoms with E-state index in [0.717, 1.165) is 35.1 Å². The van der Waals surface area contributed by atoms with Gasteiger partial charge in [-0.05, 0) is 36.5 Å². The lowest BCUT2D eigenvalue weighted by atomic mass is 9.88. The maximum absolute atomic E-state index is 10.9. The number of hydrogen-bond acceptors (Lipinski definition) is 3. The fraction of sp³-hybridized carbons (Fsp3) is 0.533. The van der Waals surface area contributed by atoms with Gasteiger partial charge in [-0.15, -0.1) is 0 Å². The summed E-state index contributed by atoms with van der Waals surface area (Å²) >= 11 is 0. The Morgan fingerprint density at radius 1 is 1.21 bits per heavy atom. The van der Waals surface area contributed by atoms with Gasteiger partial charge in [0.25, 0.3) is 0 Å². The van der Waals surface area contributed by atoms with Crippen molar-refractivity contribution in [3.05, 3.63) is 34.4 Å². The number of benzene rings is 1. The molecule has 1 amide bonds. The molecule has 0 heterocycles. The average Bonchev–Trinajstić information content (AvgIpc) is 2.35. The Kier molecular flexibility index (Phi) is 5.51. The first-order valence-electron chi connectivity index (χ1n) is 6.67. The van der Waals surface area contributed by atoms with E-state index in [1.807, 2.05) is 32.9 Å². The number of primary amides is 1. The molecule has 1 rings (SSSR count). The lowest BCUT2D eigenvalue weighted by molar-refractivity contribution is -0.121. The minimum atomic E-state index is -1.16. The second kappa shape index (κ2) is 6.68. The van der Waals surface area contributed by atoms with Crippen molar-refractivity contribution in [2.45, 2.75) is 52.2 Å². The highest BCUT2D eigenvalue weighted by atomic mass is 16.3. The molecule has 0 saturated heterocycles. The molecule has 0 aliphatic heterocycles. The number of nitrogens with two attached hydrogens (primary N) is 1. The summed E-state index contributed by atoms with van der Waals surface area (Å²) in [5.74, 6) is -0.616. The van der Waals surface area contributed by atoms with Crippen molar-refractivity contribution < 1.29 is 15.0 Å². The molecule has 2 unspecified atom stereocenters. The molecule has 4 heteroatoms. The summed E-state index contributed by atoms with van der Waals surface area (Å²) in [5, 5.41) is 20.2. The van der Waals surface area contributed by atoms with E-state index in [9.17, 15) is 15.0 Å². The number of aliphatic hydroxyl groups is 2. The summed E-state index contributed by atoms with van der Waals surface area (Å²) in [5.41, 5.74) is 8.95. The molecule has 2 atom stereocenters. The van der Waals surface area contributed by atoms with Gasteiger partial charge >= 0.3 is 0 Å². The summed E-state index contributed by atoms with van der Waals surface area (Å²) in [6.07, 6.45) is -0.926. The molecule has 1 aromatic rings. The van der Waals surface area contributed by atoms with Crippen molar-refractivity contribution in [3.63, 3.8) is 0 Å². The van der Waals surface area contributed by atoms with Gasteiger partial charge in [-0.3, -0.25) is 4.79 Å². The van der Waals surface area contributed by atoms with Crippen LogP contribution in [0.15, 0.2) is 12.1 Å². The third-order valence-corrected chi connectivity index (χ3v) is 3.33.